The molecule has 0 saturated heterocycles. The largest absolute Gasteiger partial charge is 0.271 e. The summed E-state index contributed by atoms with van der Waals surface area (Å²) < 4.78 is 0.938. The van der Waals surface area contributed by atoms with Gasteiger partial charge in [-0.05, 0) is 52.9 Å². The van der Waals surface area contributed by atoms with Gasteiger partial charge in [0, 0.05) is 9.13 Å². The van der Waals surface area contributed by atoms with Gasteiger partial charge in [-0.25, -0.2) is 0 Å². The minimum Gasteiger partial charge on any atom is -0.267 e. The second-order valence-corrected chi connectivity index (χ2v) is 5.55. The summed E-state index contributed by atoms with van der Waals surface area (Å²) in [6, 6.07) is 13.6. The van der Waals surface area contributed by atoms with Crippen LogP contribution in [0.1, 0.15) is 20.7 Å². The van der Waals surface area contributed by atoms with Crippen LogP contribution in [0.2, 0.25) is 5.02 Å². The van der Waals surface area contributed by atoms with Gasteiger partial charge in [-0.3, -0.25) is 20.4 Å². The molecule has 0 unspecified atom stereocenters. The van der Waals surface area contributed by atoms with Crippen LogP contribution < -0.4 is 10.9 Å². The molecule has 0 aliphatic rings. The molecule has 2 aromatic carbocycles. The molecule has 20 heavy (non-hydrogen) atoms. The normalized spacial score (nSPS) is 9.90. The molecule has 0 fully saturated rings. The first-order chi connectivity index (χ1) is 9.58. The van der Waals surface area contributed by atoms with E-state index in [4.69, 9.17) is 11.6 Å². The Morgan fingerprint density at radius 1 is 0.950 bits per heavy atom. The molecule has 102 valence electrons. The van der Waals surface area contributed by atoms with Crippen LogP contribution in [0.4, 0.5) is 0 Å². The van der Waals surface area contributed by atoms with Crippen LogP contribution >= 0.6 is 34.2 Å². The number of halogens is 2. The zero-order valence-electron chi connectivity index (χ0n) is 10.2. The third-order valence-corrected chi connectivity index (χ3v) is 3.50. The summed E-state index contributed by atoms with van der Waals surface area (Å²) in [4.78, 5) is 23.7. The van der Waals surface area contributed by atoms with E-state index in [0.29, 0.717) is 16.1 Å². The number of hydrazine groups is 1. The highest BCUT2D eigenvalue weighted by Crippen LogP contribution is 2.14. The standard InChI is InChI=1S/C14H10ClIN2O2/c15-12-7-2-1-6-11(12)14(20)18-17-13(19)9-4-3-5-10(16)8-9/h1-8H,(H,17,19)(H,18,20). The molecule has 2 rings (SSSR count). The monoisotopic (exact) mass is 400 g/mol. The van der Waals surface area contributed by atoms with Crippen LogP contribution in [0.25, 0.3) is 0 Å². The minimum atomic E-state index is -0.463. The number of benzene rings is 2. The fourth-order valence-corrected chi connectivity index (χ4v) is 2.29. The van der Waals surface area contributed by atoms with Crippen molar-refractivity contribution in [1.29, 1.82) is 0 Å². The Bertz CT molecular complexity index is 661. The summed E-state index contributed by atoms with van der Waals surface area (Å²) in [5, 5.41) is 0.327. The van der Waals surface area contributed by atoms with Crippen molar-refractivity contribution in [2.75, 3.05) is 0 Å². The fourth-order valence-electron chi connectivity index (χ4n) is 1.53. The summed E-state index contributed by atoms with van der Waals surface area (Å²) in [6.07, 6.45) is 0. The van der Waals surface area contributed by atoms with Crippen LogP contribution in [-0.4, -0.2) is 11.8 Å². The lowest BCUT2D eigenvalue weighted by Gasteiger charge is -2.08. The van der Waals surface area contributed by atoms with Gasteiger partial charge in [0.2, 0.25) is 0 Å². The van der Waals surface area contributed by atoms with Crippen molar-refractivity contribution in [3.8, 4) is 0 Å². The summed E-state index contributed by atoms with van der Waals surface area (Å²) in [6.45, 7) is 0. The van der Waals surface area contributed by atoms with E-state index in [0.717, 1.165) is 3.57 Å². The molecule has 0 aromatic heterocycles. The van der Waals surface area contributed by atoms with Gasteiger partial charge in [-0.2, -0.15) is 0 Å². The van der Waals surface area contributed by atoms with Crippen molar-refractivity contribution in [2.45, 2.75) is 0 Å². The molecule has 0 heterocycles. The second kappa shape index (κ2) is 6.71. The zero-order chi connectivity index (χ0) is 14.5. The first-order valence-electron chi connectivity index (χ1n) is 5.68. The smallest absolute Gasteiger partial charge is 0.267 e. The van der Waals surface area contributed by atoms with Gasteiger partial charge in [0.15, 0.2) is 0 Å². The van der Waals surface area contributed by atoms with Crippen molar-refractivity contribution < 1.29 is 9.59 Å². The van der Waals surface area contributed by atoms with Gasteiger partial charge in [-0.1, -0.05) is 29.8 Å². The lowest BCUT2D eigenvalue weighted by Crippen LogP contribution is -2.41. The van der Waals surface area contributed by atoms with Crippen molar-refractivity contribution in [2.24, 2.45) is 0 Å². The number of hydrogen-bond acceptors (Lipinski definition) is 2. The molecule has 2 amide bonds. The van der Waals surface area contributed by atoms with E-state index in [1.54, 1.807) is 42.5 Å². The fraction of sp³-hybridized carbons (Fsp3) is 0. The van der Waals surface area contributed by atoms with Gasteiger partial charge in [-0.15, -0.1) is 0 Å². The molecular weight excluding hydrogens is 391 g/mol. The third-order valence-electron chi connectivity index (χ3n) is 2.49. The number of carbonyl (C=O) groups is 2. The molecule has 0 radical (unpaired) electrons. The summed E-state index contributed by atoms with van der Waals surface area (Å²) >= 11 is 8.01. The predicted octanol–water partition coefficient (Wildman–Crippen LogP) is 3.02. The Balaban J connectivity index is 2.01. The topological polar surface area (TPSA) is 58.2 Å². The van der Waals surface area contributed by atoms with Crippen LogP contribution in [0.3, 0.4) is 0 Å². The molecule has 0 bridgehead atoms. The van der Waals surface area contributed by atoms with E-state index < -0.39 is 5.91 Å². The van der Waals surface area contributed by atoms with E-state index >= 15 is 0 Å². The molecule has 0 saturated carbocycles. The molecule has 2 N–H and O–H groups in total. The highest BCUT2D eigenvalue weighted by atomic mass is 127. The Morgan fingerprint density at radius 3 is 2.35 bits per heavy atom. The van der Waals surface area contributed by atoms with Crippen molar-refractivity contribution in [1.82, 2.24) is 10.9 Å². The number of hydrogen-bond donors (Lipinski definition) is 2. The average molecular weight is 401 g/mol. The first-order valence-corrected chi connectivity index (χ1v) is 7.14. The number of carbonyl (C=O) groups excluding carboxylic acids is 2. The predicted molar refractivity (Wildman–Crippen MR) is 85.5 cm³/mol. The molecule has 0 aliphatic heterocycles. The zero-order valence-corrected chi connectivity index (χ0v) is 13.1. The SMILES string of the molecule is O=C(NNC(=O)c1ccccc1Cl)c1cccc(I)c1. The molecule has 2 aromatic rings. The molecule has 6 heteroatoms. The third kappa shape index (κ3) is 3.71. The minimum absolute atomic E-state index is 0.303. The molecule has 0 atom stereocenters. The van der Waals surface area contributed by atoms with E-state index in [2.05, 4.69) is 33.4 Å². The van der Waals surface area contributed by atoms with Crippen molar-refractivity contribution in [3.05, 3.63) is 68.3 Å². The van der Waals surface area contributed by atoms with E-state index in [1.165, 1.54) is 0 Å². The van der Waals surface area contributed by atoms with E-state index in [9.17, 15) is 9.59 Å². The van der Waals surface area contributed by atoms with Gasteiger partial charge >= 0.3 is 0 Å². The number of rotatable bonds is 2. The van der Waals surface area contributed by atoms with Gasteiger partial charge in [0.25, 0.3) is 11.8 Å². The first kappa shape index (κ1) is 14.8. The van der Waals surface area contributed by atoms with Crippen LogP contribution in [-0.2, 0) is 0 Å². The Morgan fingerprint density at radius 2 is 1.65 bits per heavy atom. The Kier molecular flexibility index (Phi) is 4.97. The quantitative estimate of drug-likeness (QED) is 0.601. The van der Waals surface area contributed by atoms with Crippen LogP contribution in [0.5, 0.6) is 0 Å². The lowest BCUT2D eigenvalue weighted by molar-refractivity contribution is 0.0846. The lowest BCUT2D eigenvalue weighted by atomic mass is 10.2. The van der Waals surface area contributed by atoms with E-state index in [-0.39, 0.29) is 5.91 Å². The molecular formula is C14H10ClIN2O2. The summed E-state index contributed by atoms with van der Waals surface area (Å²) in [5.74, 6) is -0.849. The average Bonchev–Trinajstić information content (AvgIpc) is 2.45. The molecule has 0 aliphatic carbocycles. The summed E-state index contributed by atoms with van der Waals surface area (Å²) in [5.41, 5.74) is 5.46. The maximum atomic E-state index is 11.9. The highest BCUT2D eigenvalue weighted by Gasteiger charge is 2.11. The molecule has 0 spiro atoms. The Labute approximate surface area is 134 Å². The molecule has 4 nitrogen and oxygen atoms in total. The van der Waals surface area contributed by atoms with Crippen molar-refractivity contribution in [3.63, 3.8) is 0 Å². The maximum absolute atomic E-state index is 11.9. The van der Waals surface area contributed by atoms with Crippen LogP contribution in [0, 0.1) is 3.57 Å². The van der Waals surface area contributed by atoms with Gasteiger partial charge < -0.3 is 0 Å². The highest BCUT2D eigenvalue weighted by molar-refractivity contribution is 14.1. The van der Waals surface area contributed by atoms with Crippen LogP contribution in [0.15, 0.2) is 48.5 Å². The van der Waals surface area contributed by atoms with E-state index in [1.807, 2.05) is 6.07 Å². The Hall–Kier alpha value is -1.60. The van der Waals surface area contributed by atoms with Gasteiger partial charge in [0.05, 0.1) is 10.6 Å². The van der Waals surface area contributed by atoms with Gasteiger partial charge in [0.1, 0.15) is 0 Å². The number of nitrogens with one attached hydrogen (secondary N) is 2. The van der Waals surface area contributed by atoms with Crippen molar-refractivity contribution >= 4 is 46.0 Å². The second-order valence-electron chi connectivity index (χ2n) is 3.90. The maximum Gasteiger partial charge on any atom is 0.271 e. The summed E-state index contributed by atoms with van der Waals surface area (Å²) in [7, 11) is 0. The number of amides is 2.